The first-order valence-corrected chi connectivity index (χ1v) is 10.4. The summed E-state index contributed by atoms with van der Waals surface area (Å²) in [5.41, 5.74) is 6.85. The Kier molecular flexibility index (Phi) is 4.40. The van der Waals surface area contributed by atoms with E-state index in [1.54, 1.807) is 0 Å². The second kappa shape index (κ2) is 6.94. The molecule has 1 N–H and O–H groups in total. The molecular formula is C22H28N6. The molecule has 1 saturated heterocycles. The van der Waals surface area contributed by atoms with Crippen molar-refractivity contribution in [2.24, 2.45) is 0 Å². The van der Waals surface area contributed by atoms with Crippen LogP contribution in [-0.2, 0) is 18.5 Å². The summed E-state index contributed by atoms with van der Waals surface area (Å²) < 4.78 is 0. The summed E-state index contributed by atoms with van der Waals surface area (Å²) in [5.74, 6) is 0. The quantitative estimate of drug-likeness (QED) is 0.761. The van der Waals surface area contributed by atoms with Gasteiger partial charge in [0.25, 0.3) is 0 Å². The number of aromatic amines is 1. The lowest BCUT2D eigenvalue weighted by Gasteiger charge is -2.50. The van der Waals surface area contributed by atoms with Gasteiger partial charge in [-0.1, -0.05) is 19.1 Å². The van der Waals surface area contributed by atoms with E-state index in [0.29, 0.717) is 0 Å². The van der Waals surface area contributed by atoms with Gasteiger partial charge in [0, 0.05) is 38.3 Å². The Morgan fingerprint density at radius 3 is 2.57 bits per heavy atom. The van der Waals surface area contributed by atoms with E-state index >= 15 is 0 Å². The molecule has 0 bridgehead atoms. The topological polar surface area (TPSA) is 60.9 Å². The Hall–Kier alpha value is -2.31. The number of nitrogens with zero attached hydrogens (tertiary/aromatic N) is 5. The monoisotopic (exact) mass is 376 g/mol. The van der Waals surface area contributed by atoms with E-state index in [2.05, 4.69) is 34.7 Å². The molecule has 1 spiro atoms. The number of fused-ring (bicyclic) bond motifs is 3. The molecule has 0 aliphatic carbocycles. The number of likely N-dealkylation sites (N-methyl/N-ethyl adjacent to an activating group) is 1. The van der Waals surface area contributed by atoms with Crippen LogP contribution in [0.4, 0.5) is 0 Å². The zero-order valence-corrected chi connectivity index (χ0v) is 16.8. The molecule has 0 radical (unpaired) electrons. The minimum absolute atomic E-state index is 0.100. The number of nitrogens with one attached hydrogen (secondary N) is 1. The summed E-state index contributed by atoms with van der Waals surface area (Å²) >= 11 is 0. The molecule has 146 valence electrons. The van der Waals surface area contributed by atoms with Crippen molar-refractivity contribution in [3.8, 4) is 0 Å². The van der Waals surface area contributed by atoms with E-state index in [9.17, 15) is 0 Å². The van der Waals surface area contributed by atoms with E-state index in [4.69, 9.17) is 15.0 Å². The zero-order valence-electron chi connectivity index (χ0n) is 16.8. The summed E-state index contributed by atoms with van der Waals surface area (Å²) in [6, 6.07) is 8.14. The van der Waals surface area contributed by atoms with Gasteiger partial charge in [0.15, 0.2) is 0 Å². The van der Waals surface area contributed by atoms with Crippen molar-refractivity contribution in [2.75, 3.05) is 26.2 Å². The molecule has 5 rings (SSSR count). The lowest BCUT2D eigenvalue weighted by atomic mass is 9.78. The van der Waals surface area contributed by atoms with Crippen LogP contribution in [0.25, 0.3) is 11.0 Å². The van der Waals surface area contributed by atoms with Crippen LogP contribution >= 0.6 is 0 Å². The molecule has 1 aromatic carbocycles. The first-order chi connectivity index (χ1) is 13.7. The number of aryl methyl sites for hydroxylation is 1. The minimum atomic E-state index is 0.100. The van der Waals surface area contributed by atoms with Crippen LogP contribution < -0.4 is 0 Å². The van der Waals surface area contributed by atoms with E-state index in [-0.39, 0.29) is 5.54 Å². The highest BCUT2D eigenvalue weighted by molar-refractivity contribution is 5.74. The van der Waals surface area contributed by atoms with Crippen LogP contribution in [0.15, 0.2) is 30.6 Å². The summed E-state index contributed by atoms with van der Waals surface area (Å²) in [6.07, 6.45) is 5.21. The van der Waals surface area contributed by atoms with Crippen molar-refractivity contribution in [1.29, 1.82) is 0 Å². The SMILES string of the molecule is CCN1CCc2[nH]cnc2C12CCN(Cc1nc3ccccc3nc1C)CC2. The van der Waals surface area contributed by atoms with Crippen molar-refractivity contribution in [3.05, 3.63) is 53.4 Å². The number of likely N-dealkylation sites (tertiary alicyclic amines) is 1. The molecule has 0 amide bonds. The lowest BCUT2D eigenvalue weighted by molar-refractivity contribution is 0.00675. The second-order valence-corrected chi connectivity index (χ2v) is 8.11. The molecule has 0 unspecified atom stereocenters. The van der Waals surface area contributed by atoms with E-state index in [1.807, 2.05) is 24.5 Å². The Morgan fingerprint density at radius 2 is 1.82 bits per heavy atom. The largest absolute Gasteiger partial charge is 0.348 e. The average molecular weight is 377 g/mol. The van der Waals surface area contributed by atoms with Gasteiger partial charge in [-0.2, -0.15) is 0 Å². The molecule has 2 aliphatic rings. The maximum Gasteiger partial charge on any atom is 0.0926 e. The van der Waals surface area contributed by atoms with Gasteiger partial charge in [0.1, 0.15) is 0 Å². The number of hydrogen-bond donors (Lipinski definition) is 1. The molecule has 0 atom stereocenters. The molecule has 6 nitrogen and oxygen atoms in total. The Labute approximate surface area is 166 Å². The van der Waals surface area contributed by atoms with E-state index in [0.717, 1.165) is 74.4 Å². The van der Waals surface area contributed by atoms with Gasteiger partial charge in [-0.25, -0.2) is 15.0 Å². The van der Waals surface area contributed by atoms with Crippen LogP contribution in [-0.4, -0.2) is 55.9 Å². The number of benzene rings is 1. The highest BCUT2D eigenvalue weighted by Gasteiger charge is 2.45. The van der Waals surface area contributed by atoms with Crippen molar-refractivity contribution in [3.63, 3.8) is 0 Å². The number of hydrogen-bond acceptors (Lipinski definition) is 5. The van der Waals surface area contributed by atoms with Gasteiger partial charge in [-0.05, 0) is 38.4 Å². The fraction of sp³-hybridized carbons (Fsp3) is 0.500. The van der Waals surface area contributed by atoms with Crippen LogP contribution in [0.2, 0.25) is 0 Å². The molecule has 0 saturated carbocycles. The first kappa shape index (κ1) is 17.8. The van der Waals surface area contributed by atoms with Crippen LogP contribution in [0.5, 0.6) is 0 Å². The standard InChI is InChI=1S/C22H28N6/c1-3-28-11-8-19-21(24-15-23-19)22(28)9-12-27(13-10-22)14-20-16(2)25-17-6-4-5-7-18(17)26-20/h4-7,15H,3,8-14H2,1-2H3,(H,23,24). The van der Waals surface area contributed by atoms with Crippen molar-refractivity contribution < 1.29 is 0 Å². The van der Waals surface area contributed by atoms with E-state index in [1.165, 1.54) is 11.4 Å². The maximum absolute atomic E-state index is 4.90. The van der Waals surface area contributed by atoms with Crippen LogP contribution in [0.3, 0.4) is 0 Å². The molecular weight excluding hydrogens is 348 g/mol. The third-order valence-electron chi connectivity index (χ3n) is 6.68. The predicted octanol–water partition coefficient (Wildman–Crippen LogP) is 3.03. The number of piperidine rings is 1. The maximum atomic E-state index is 4.90. The van der Waals surface area contributed by atoms with Crippen LogP contribution in [0.1, 0.15) is 42.5 Å². The Balaban J connectivity index is 1.36. The molecule has 2 aromatic heterocycles. The van der Waals surface area contributed by atoms with Gasteiger partial charge < -0.3 is 4.98 Å². The smallest absolute Gasteiger partial charge is 0.0926 e. The number of aromatic nitrogens is 4. The number of rotatable bonds is 3. The fourth-order valence-electron chi connectivity index (χ4n) is 5.10. The molecule has 1 fully saturated rings. The summed E-state index contributed by atoms with van der Waals surface area (Å²) in [6.45, 7) is 9.57. The highest BCUT2D eigenvalue weighted by atomic mass is 15.3. The first-order valence-electron chi connectivity index (χ1n) is 10.4. The minimum Gasteiger partial charge on any atom is -0.348 e. The highest BCUT2D eigenvalue weighted by Crippen LogP contribution is 2.42. The molecule has 2 aliphatic heterocycles. The van der Waals surface area contributed by atoms with E-state index < -0.39 is 0 Å². The lowest BCUT2D eigenvalue weighted by Crippen LogP contribution is -2.56. The van der Waals surface area contributed by atoms with Crippen molar-refractivity contribution >= 4 is 11.0 Å². The van der Waals surface area contributed by atoms with Crippen molar-refractivity contribution in [1.82, 2.24) is 29.7 Å². The molecule has 28 heavy (non-hydrogen) atoms. The Morgan fingerprint density at radius 1 is 1.07 bits per heavy atom. The zero-order chi connectivity index (χ0) is 19.1. The van der Waals surface area contributed by atoms with Gasteiger partial charge in [0.2, 0.25) is 0 Å². The number of para-hydroxylation sites is 2. The van der Waals surface area contributed by atoms with Gasteiger partial charge in [-0.15, -0.1) is 0 Å². The summed E-state index contributed by atoms with van der Waals surface area (Å²) in [4.78, 5) is 23.0. The third kappa shape index (κ3) is 2.83. The summed E-state index contributed by atoms with van der Waals surface area (Å²) in [7, 11) is 0. The molecule has 4 heterocycles. The van der Waals surface area contributed by atoms with Gasteiger partial charge >= 0.3 is 0 Å². The van der Waals surface area contributed by atoms with Gasteiger partial charge in [-0.3, -0.25) is 9.80 Å². The molecule has 3 aromatic rings. The number of H-pyrrole nitrogens is 1. The fourth-order valence-corrected chi connectivity index (χ4v) is 5.10. The van der Waals surface area contributed by atoms with Crippen LogP contribution in [0, 0.1) is 6.92 Å². The number of imidazole rings is 1. The average Bonchev–Trinajstić information content (AvgIpc) is 3.20. The Bertz CT molecular complexity index is 986. The normalized spacial score (nSPS) is 19.9. The second-order valence-electron chi connectivity index (χ2n) is 8.11. The summed E-state index contributed by atoms with van der Waals surface area (Å²) in [5, 5.41) is 0. The van der Waals surface area contributed by atoms with Crippen molar-refractivity contribution in [2.45, 2.75) is 45.2 Å². The third-order valence-corrected chi connectivity index (χ3v) is 6.68. The molecule has 6 heteroatoms. The predicted molar refractivity (Wildman–Crippen MR) is 110 cm³/mol. The van der Waals surface area contributed by atoms with Gasteiger partial charge in [0.05, 0.1) is 40.0 Å².